The Morgan fingerprint density at radius 2 is 2.16 bits per heavy atom. The van der Waals surface area contributed by atoms with Gasteiger partial charge in [0.2, 0.25) is 0 Å². The molecule has 0 aliphatic heterocycles. The number of rotatable bonds is 7. The first-order chi connectivity index (χ1) is 9.01. The minimum Gasteiger partial charge on any atom is -0.357 e. The molecule has 1 unspecified atom stereocenters. The number of aliphatic imine (C=N–C) groups is 1. The number of ether oxygens (including phenoxy) is 1. The summed E-state index contributed by atoms with van der Waals surface area (Å²) in [5.74, 6) is 0. The SMILES string of the molecule is C=NN(C=C(C)C(C)=C(C#N)C=NC)C(C)OCC. The van der Waals surface area contributed by atoms with Gasteiger partial charge >= 0.3 is 0 Å². The highest BCUT2D eigenvalue weighted by Gasteiger charge is 2.09. The Morgan fingerprint density at radius 3 is 2.58 bits per heavy atom. The van der Waals surface area contributed by atoms with E-state index in [9.17, 15) is 0 Å². The second-order valence-corrected chi connectivity index (χ2v) is 3.93. The first kappa shape index (κ1) is 17.1. The highest BCUT2D eigenvalue weighted by molar-refractivity contribution is 5.85. The first-order valence-corrected chi connectivity index (χ1v) is 6.10. The number of hydrazone groups is 1. The number of nitrogens with zero attached hydrogens (tertiary/aromatic N) is 4. The smallest absolute Gasteiger partial charge is 0.147 e. The van der Waals surface area contributed by atoms with Crippen molar-refractivity contribution in [2.45, 2.75) is 33.9 Å². The standard InChI is InChI=1S/C14H22N4O/c1-7-19-13(4)18(17-6)10-11(2)12(3)14(8-15)9-16-5/h9-10,13H,6-7H2,1-5H3. The largest absolute Gasteiger partial charge is 0.357 e. The summed E-state index contributed by atoms with van der Waals surface area (Å²) in [6.45, 7) is 11.7. The van der Waals surface area contributed by atoms with Crippen LogP contribution in [0.2, 0.25) is 0 Å². The second-order valence-electron chi connectivity index (χ2n) is 3.93. The zero-order valence-electron chi connectivity index (χ0n) is 12.3. The van der Waals surface area contributed by atoms with Crippen molar-refractivity contribution in [3.8, 4) is 6.07 Å². The van der Waals surface area contributed by atoms with Gasteiger partial charge in [0.25, 0.3) is 0 Å². The van der Waals surface area contributed by atoms with Crippen LogP contribution in [0.5, 0.6) is 0 Å². The summed E-state index contributed by atoms with van der Waals surface area (Å²) in [5, 5.41) is 14.6. The molecule has 0 aromatic rings. The van der Waals surface area contributed by atoms with Crippen molar-refractivity contribution in [3.05, 3.63) is 22.9 Å². The summed E-state index contributed by atoms with van der Waals surface area (Å²) in [5.41, 5.74) is 2.30. The van der Waals surface area contributed by atoms with Crippen LogP contribution in [0, 0.1) is 11.3 Å². The molecular weight excluding hydrogens is 240 g/mol. The van der Waals surface area contributed by atoms with E-state index in [0.717, 1.165) is 11.1 Å². The fraction of sp³-hybridized carbons (Fsp3) is 0.500. The van der Waals surface area contributed by atoms with E-state index in [0.29, 0.717) is 12.2 Å². The first-order valence-electron chi connectivity index (χ1n) is 6.10. The number of allylic oxidation sites excluding steroid dienone is 3. The fourth-order valence-corrected chi connectivity index (χ4v) is 1.42. The molecule has 0 N–H and O–H groups in total. The molecule has 5 nitrogen and oxygen atoms in total. The summed E-state index contributed by atoms with van der Waals surface area (Å²) in [6.07, 6.45) is 3.16. The molecule has 0 fully saturated rings. The summed E-state index contributed by atoms with van der Waals surface area (Å²) in [4.78, 5) is 3.87. The molecule has 1 atom stereocenters. The van der Waals surface area contributed by atoms with E-state index in [1.54, 1.807) is 18.3 Å². The Bertz CT molecular complexity index is 429. The monoisotopic (exact) mass is 262 g/mol. The third-order valence-corrected chi connectivity index (χ3v) is 2.64. The molecule has 0 saturated carbocycles. The molecule has 0 spiro atoms. The molecule has 0 amide bonds. The fourth-order valence-electron chi connectivity index (χ4n) is 1.42. The summed E-state index contributed by atoms with van der Waals surface area (Å²) < 4.78 is 5.45. The molecule has 0 aliphatic rings. The molecule has 0 aromatic heterocycles. The van der Waals surface area contributed by atoms with E-state index in [2.05, 4.69) is 22.9 Å². The van der Waals surface area contributed by atoms with Crippen LogP contribution in [0.4, 0.5) is 0 Å². The maximum absolute atomic E-state index is 9.06. The highest BCUT2D eigenvalue weighted by Crippen LogP contribution is 2.15. The summed E-state index contributed by atoms with van der Waals surface area (Å²) in [6, 6.07) is 2.12. The lowest BCUT2D eigenvalue weighted by Gasteiger charge is -2.22. The van der Waals surface area contributed by atoms with Crippen LogP contribution in [0.1, 0.15) is 27.7 Å². The van der Waals surface area contributed by atoms with Gasteiger partial charge in [0.05, 0.1) is 5.57 Å². The third kappa shape index (κ3) is 5.49. The maximum Gasteiger partial charge on any atom is 0.147 e. The maximum atomic E-state index is 9.06. The third-order valence-electron chi connectivity index (χ3n) is 2.64. The quantitative estimate of drug-likeness (QED) is 0.233. The van der Waals surface area contributed by atoms with Crippen LogP contribution < -0.4 is 0 Å². The minimum absolute atomic E-state index is 0.198. The van der Waals surface area contributed by atoms with Gasteiger partial charge in [-0.25, -0.2) is 5.01 Å². The van der Waals surface area contributed by atoms with Gasteiger partial charge in [-0.05, 0) is 38.8 Å². The lowest BCUT2D eigenvalue weighted by Crippen LogP contribution is -2.26. The summed E-state index contributed by atoms with van der Waals surface area (Å²) >= 11 is 0. The van der Waals surface area contributed by atoms with E-state index >= 15 is 0 Å². The van der Waals surface area contributed by atoms with E-state index < -0.39 is 0 Å². The van der Waals surface area contributed by atoms with E-state index in [-0.39, 0.29) is 6.23 Å². The van der Waals surface area contributed by atoms with Crippen LogP contribution in [0.3, 0.4) is 0 Å². The molecule has 0 saturated heterocycles. The Hall–Kier alpha value is -1.93. The van der Waals surface area contributed by atoms with Crippen LogP contribution >= 0.6 is 0 Å². The average molecular weight is 262 g/mol. The van der Waals surface area contributed by atoms with Crippen LogP contribution in [-0.4, -0.2) is 37.8 Å². The van der Waals surface area contributed by atoms with Crippen molar-refractivity contribution in [1.29, 1.82) is 5.26 Å². The van der Waals surface area contributed by atoms with E-state index in [1.807, 2.05) is 33.9 Å². The predicted molar refractivity (Wildman–Crippen MR) is 79.0 cm³/mol. The average Bonchev–Trinajstić information content (AvgIpc) is 2.41. The molecule has 5 heteroatoms. The summed E-state index contributed by atoms with van der Waals surface area (Å²) in [7, 11) is 1.64. The Labute approximate surface area is 115 Å². The molecule has 19 heavy (non-hydrogen) atoms. The van der Waals surface area contributed by atoms with Gasteiger partial charge in [0.1, 0.15) is 12.3 Å². The predicted octanol–water partition coefficient (Wildman–Crippen LogP) is 2.73. The highest BCUT2D eigenvalue weighted by atomic mass is 16.5. The van der Waals surface area contributed by atoms with Gasteiger partial charge < -0.3 is 4.74 Å². The van der Waals surface area contributed by atoms with Crippen molar-refractivity contribution in [2.75, 3.05) is 13.7 Å². The molecule has 0 radical (unpaired) electrons. The molecule has 0 bridgehead atoms. The Kier molecular flexibility index (Phi) is 8.14. The molecule has 0 heterocycles. The minimum atomic E-state index is -0.198. The van der Waals surface area contributed by atoms with Crippen molar-refractivity contribution >= 4 is 12.9 Å². The molecule has 104 valence electrons. The van der Waals surface area contributed by atoms with Crippen LogP contribution in [0.15, 0.2) is 33.0 Å². The van der Waals surface area contributed by atoms with Gasteiger partial charge in [0.15, 0.2) is 0 Å². The molecule has 0 aromatic carbocycles. The zero-order chi connectivity index (χ0) is 14.8. The number of hydrogen-bond acceptors (Lipinski definition) is 5. The van der Waals surface area contributed by atoms with Gasteiger partial charge in [-0.2, -0.15) is 10.4 Å². The van der Waals surface area contributed by atoms with Gasteiger partial charge in [-0.3, -0.25) is 4.99 Å². The van der Waals surface area contributed by atoms with E-state index in [1.165, 1.54) is 0 Å². The Balaban J connectivity index is 5.26. The molecule has 0 aliphatic carbocycles. The van der Waals surface area contributed by atoms with Crippen molar-refractivity contribution in [3.63, 3.8) is 0 Å². The van der Waals surface area contributed by atoms with Crippen LogP contribution in [0.25, 0.3) is 0 Å². The zero-order valence-corrected chi connectivity index (χ0v) is 12.3. The Morgan fingerprint density at radius 1 is 1.53 bits per heavy atom. The molecule has 0 rings (SSSR count). The van der Waals surface area contributed by atoms with Gasteiger partial charge in [-0.15, -0.1) is 0 Å². The van der Waals surface area contributed by atoms with Crippen LogP contribution in [-0.2, 0) is 4.74 Å². The normalized spacial score (nSPS) is 14.8. The lowest BCUT2D eigenvalue weighted by atomic mass is 10.1. The second kappa shape index (κ2) is 9.06. The lowest BCUT2D eigenvalue weighted by molar-refractivity contribution is -0.0164. The topological polar surface area (TPSA) is 61.0 Å². The van der Waals surface area contributed by atoms with E-state index in [4.69, 9.17) is 10.00 Å². The van der Waals surface area contributed by atoms with Gasteiger partial charge in [-0.1, -0.05) is 0 Å². The van der Waals surface area contributed by atoms with Gasteiger partial charge in [0, 0.05) is 32.8 Å². The number of hydrogen-bond donors (Lipinski definition) is 0. The van der Waals surface area contributed by atoms with Crippen molar-refractivity contribution < 1.29 is 4.74 Å². The van der Waals surface area contributed by atoms with Crippen molar-refractivity contribution in [2.24, 2.45) is 10.1 Å². The van der Waals surface area contributed by atoms with Crippen molar-refractivity contribution in [1.82, 2.24) is 5.01 Å². The molecular formula is C14H22N4O. The number of nitriles is 1.